The minimum absolute atomic E-state index is 0.129. The first-order chi connectivity index (χ1) is 12.8. The van der Waals surface area contributed by atoms with Crippen molar-refractivity contribution in [3.63, 3.8) is 0 Å². The normalized spacial score (nSPS) is 11.4. The zero-order valence-corrected chi connectivity index (χ0v) is 16.5. The van der Waals surface area contributed by atoms with Crippen LogP contribution in [0.25, 0.3) is 10.9 Å². The van der Waals surface area contributed by atoms with E-state index in [0.717, 1.165) is 29.6 Å². The first-order valence-electron chi connectivity index (χ1n) is 9.29. The number of amides is 1. The second kappa shape index (κ2) is 7.78. The molecule has 1 heterocycles. The van der Waals surface area contributed by atoms with Gasteiger partial charge in [-0.05, 0) is 48.2 Å². The van der Waals surface area contributed by atoms with Gasteiger partial charge in [0.05, 0.1) is 17.4 Å². The third kappa shape index (κ3) is 5.07. The molecule has 4 heteroatoms. The molecule has 0 aliphatic carbocycles. The molecule has 2 aromatic carbocycles. The summed E-state index contributed by atoms with van der Waals surface area (Å²) in [6, 6.07) is 17.5. The highest BCUT2D eigenvalue weighted by molar-refractivity contribution is 6.05. The van der Waals surface area contributed by atoms with Crippen LogP contribution in [0.2, 0.25) is 0 Å². The van der Waals surface area contributed by atoms with Gasteiger partial charge in [0, 0.05) is 30.2 Å². The van der Waals surface area contributed by atoms with Crippen LogP contribution in [0.15, 0.2) is 60.8 Å². The van der Waals surface area contributed by atoms with E-state index in [2.05, 4.69) is 43.0 Å². The van der Waals surface area contributed by atoms with Crippen molar-refractivity contribution in [2.45, 2.75) is 27.2 Å². The molecule has 1 N–H and O–H groups in total. The predicted molar refractivity (Wildman–Crippen MR) is 113 cm³/mol. The van der Waals surface area contributed by atoms with Gasteiger partial charge < -0.3 is 10.2 Å². The lowest BCUT2D eigenvalue weighted by Gasteiger charge is -2.25. The van der Waals surface area contributed by atoms with Crippen LogP contribution in [0.5, 0.6) is 0 Å². The molecule has 0 aliphatic rings. The van der Waals surface area contributed by atoms with E-state index in [9.17, 15) is 4.79 Å². The fourth-order valence-corrected chi connectivity index (χ4v) is 2.84. The van der Waals surface area contributed by atoms with E-state index >= 15 is 0 Å². The van der Waals surface area contributed by atoms with Crippen LogP contribution in [0.1, 0.15) is 37.6 Å². The summed E-state index contributed by atoms with van der Waals surface area (Å²) in [5.41, 5.74) is 3.67. The zero-order chi connectivity index (χ0) is 19.4. The van der Waals surface area contributed by atoms with Crippen LogP contribution >= 0.6 is 0 Å². The Kier molecular flexibility index (Phi) is 5.45. The number of hydrogen-bond acceptors (Lipinski definition) is 3. The molecule has 0 atom stereocenters. The molecule has 27 heavy (non-hydrogen) atoms. The molecular weight excluding hydrogens is 334 g/mol. The molecule has 0 spiro atoms. The molecule has 0 saturated carbocycles. The van der Waals surface area contributed by atoms with E-state index in [1.54, 1.807) is 6.20 Å². The van der Waals surface area contributed by atoms with E-state index in [0.29, 0.717) is 16.7 Å². The molecule has 140 valence electrons. The van der Waals surface area contributed by atoms with E-state index < -0.39 is 0 Å². The minimum Gasteiger partial charge on any atom is -0.375 e. The number of carbonyl (C=O) groups excluding carboxylic acids is 1. The highest BCUT2D eigenvalue weighted by Crippen LogP contribution is 2.22. The van der Waals surface area contributed by atoms with Gasteiger partial charge in [0.2, 0.25) is 0 Å². The van der Waals surface area contributed by atoms with Crippen molar-refractivity contribution in [3.05, 3.63) is 66.4 Å². The maximum atomic E-state index is 12.5. The number of aromatic nitrogens is 1. The number of fused-ring (bicyclic) bond motifs is 1. The van der Waals surface area contributed by atoms with Crippen molar-refractivity contribution < 1.29 is 4.79 Å². The standard InChI is InChI=1S/C23H27N3O/c1-23(2,3)13-14-26(4)20-11-9-17(10-12-20)22(27)25-19-15-18-7-5-6-8-21(18)24-16-19/h5-12,15-16H,13-14H2,1-4H3,(H,25,27). The van der Waals surface area contributed by atoms with E-state index in [4.69, 9.17) is 0 Å². The van der Waals surface area contributed by atoms with Crippen molar-refractivity contribution in [3.8, 4) is 0 Å². The van der Waals surface area contributed by atoms with Gasteiger partial charge in [-0.1, -0.05) is 39.0 Å². The maximum absolute atomic E-state index is 12.5. The van der Waals surface area contributed by atoms with Gasteiger partial charge in [-0.25, -0.2) is 0 Å². The summed E-state index contributed by atoms with van der Waals surface area (Å²) in [6.07, 6.45) is 2.80. The number of rotatable bonds is 5. The lowest BCUT2D eigenvalue weighted by Crippen LogP contribution is -2.23. The Morgan fingerprint density at radius 1 is 1.07 bits per heavy atom. The van der Waals surface area contributed by atoms with Crippen LogP contribution in [0.4, 0.5) is 11.4 Å². The number of hydrogen-bond donors (Lipinski definition) is 1. The molecule has 0 unspecified atom stereocenters. The molecule has 4 nitrogen and oxygen atoms in total. The average molecular weight is 361 g/mol. The molecule has 1 aromatic heterocycles. The molecule has 0 fully saturated rings. The first kappa shape index (κ1) is 18.9. The Labute approximate surface area is 161 Å². The molecule has 3 rings (SSSR count). The highest BCUT2D eigenvalue weighted by Gasteiger charge is 2.12. The summed E-state index contributed by atoms with van der Waals surface area (Å²) < 4.78 is 0. The quantitative estimate of drug-likeness (QED) is 0.665. The lowest BCUT2D eigenvalue weighted by atomic mass is 9.92. The van der Waals surface area contributed by atoms with Crippen LogP contribution in [-0.4, -0.2) is 24.5 Å². The largest absolute Gasteiger partial charge is 0.375 e. The summed E-state index contributed by atoms with van der Waals surface area (Å²) in [4.78, 5) is 19.1. The van der Waals surface area contributed by atoms with Gasteiger partial charge in [0.15, 0.2) is 0 Å². The van der Waals surface area contributed by atoms with Gasteiger partial charge in [-0.3, -0.25) is 9.78 Å². The number of nitrogens with zero attached hydrogens (tertiary/aromatic N) is 2. The van der Waals surface area contributed by atoms with Crippen LogP contribution in [0.3, 0.4) is 0 Å². The summed E-state index contributed by atoms with van der Waals surface area (Å²) in [5, 5.41) is 3.93. The Morgan fingerprint density at radius 2 is 1.78 bits per heavy atom. The molecule has 0 saturated heterocycles. The Morgan fingerprint density at radius 3 is 2.48 bits per heavy atom. The SMILES string of the molecule is CN(CCC(C)(C)C)c1ccc(C(=O)Nc2cnc3ccccc3c2)cc1. The Hall–Kier alpha value is -2.88. The van der Waals surface area contributed by atoms with Crippen molar-refractivity contribution in [1.82, 2.24) is 4.98 Å². The number of anilines is 2. The summed E-state index contributed by atoms with van der Waals surface area (Å²) in [7, 11) is 2.08. The zero-order valence-electron chi connectivity index (χ0n) is 16.5. The average Bonchev–Trinajstić information content (AvgIpc) is 2.65. The third-order valence-corrected chi connectivity index (χ3v) is 4.62. The fourth-order valence-electron chi connectivity index (χ4n) is 2.84. The molecule has 1 amide bonds. The third-order valence-electron chi connectivity index (χ3n) is 4.62. The smallest absolute Gasteiger partial charge is 0.255 e. The Bertz CT molecular complexity index is 926. The summed E-state index contributed by atoms with van der Waals surface area (Å²) in [6.45, 7) is 7.72. The summed E-state index contributed by atoms with van der Waals surface area (Å²) >= 11 is 0. The molecule has 0 radical (unpaired) electrons. The van der Waals surface area contributed by atoms with Gasteiger partial charge >= 0.3 is 0 Å². The van der Waals surface area contributed by atoms with Crippen LogP contribution < -0.4 is 10.2 Å². The first-order valence-corrected chi connectivity index (χ1v) is 9.29. The Balaban J connectivity index is 1.66. The second-order valence-corrected chi connectivity index (χ2v) is 8.15. The van der Waals surface area contributed by atoms with E-state index in [1.807, 2.05) is 54.6 Å². The topological polar surface area (TPSA) is 45.2 Å². The second-order valence-electron chi connectivity index (χ2n) is 8.15. The van der Waals surface area contributed by atoms with Gasteiger partial charge in [-0.2, -0.15) is 0 Å². The summed E-state index contributed by atoms with van der Waals surface area (Å²) in [5.74, 6) is -0.129. The van der Waals surface area contributed by atoms with Gasteiger partial charge in [0.25, 0.3) is 5.91 Å². The van der Waals surface area contributed by atoms with E-state index in [1.165, 1.54) is 0 Å². The molecule has 3 aromatic rings. The molecule has 0 bridgehead atoms. The predicted octanol–water partition coefficient (Wildman–Crippen LogP) is 5.36. The van der Waals surface area contributed by atoms with Gasteiger partial charge in [-0.15, -0.1) is 0 Å². The van der Waals surface area contributed by atoms with Crippen molar-refractivity contribution in [1.29, 1.82) is 0 Å². The maximum Gasteiger partial charge on any atom is 0.255 e. The fraction of sp³-hybridized carbons (Fsp3) is 0.304. The minimum atomic E-state index is -0.129. The van der Waals surface area contributed by atoms with Crippen molar-refractivity contribution in [2.24, 2.45) is 5.41 Å². The highest BCUT2D eigenvalue weighted by atomic mass is 16.1. The van der Waals surface area contributed by atoms with Crippen molar-refractivity contribution >= 4 is 28.2 Å². The number of para-hydroxylation sites is 1. The molecular formula is C23H27N3O. The number of pyridine rings is 1. The lowest BCUT2D eigenvalue weighted by molar-refractivity contribution is 0.102. The number of benzene rings is 2. The number of carbonyl (C=O) groups is 1. The monoisotopic (exact) mass is 361 g/mol. The van der Waals surface area contributed by atoms with Crippen LogP contribution in [0, 0.1) is 5.41 Å². The van der Waals surface area contributed by atoms with Crippen LogP contribution in [-0.2, 0) is 0 Å². The number of nitrogens with one attached hydrogen (secondary N) is 1. The van der Waals surface area contributed by atoms with E-state index in [-0.39, 0.29) is 5.91 Å². The van der Waals surface area contributed by atoms with Gasteiger partial charge in [0.1, 0.15) is 0 Å². The van der Waals surface area contributed by atoms with Crippen molar-refractivity contribution in [2.75, 3.05) is 23.8 Å². The molecule has 0 aliphatic heterocycles.